The van der Waals surface area contributed by atoms with Crippen molar-refractivity contribution in [3.05, 3.63) is 0 Å². The second kappa shape index (κ2) is 15.3. The molecule has 15 heteroatoms. The number of amides is 4. The third kappa shape index (κ3) is 11.8. The number of thioether (sulfide) groups is 1. The van der Waals surface area contributed by atoms with Crippen molar-refractivity contribution in [3.63, 3.8) is 0 Å². The average Bonchev–Trinajstić information content (AvgIpc) is 2.71. The molecule has 0 saturated carbocycles. The summed E-state index contributed by atoms with van der Waals surface area (Å²) in [5.41, 5.74) is 10.8. The Morgan fingerprint density at radius 3 is 1.91 bits per heavy atom. The fourth-order valence-electron chi connectivity index (χ4n) is 2.32. The molecule has 0 aromatic carbocycles. The highest BCUT2D eigenvalue weighted by molar-refractivity contribution is 7.98. The molecule has 0 rings (SSSR count). The van der Waals surface area contributed by atoms with Gasteiger partial charge in [-0.25, -0.2) is 4.79 Å². The van der Waals surface area contributed by atoms with Crippen LogP contribution in [0.4, 0.5) is 0 Å². The minimum absolute atomic E-state index is 0.247. The van der Waals surface area contributed by atoms with Crippen molar-refractivity contribution >= 4 is 60.0 Å². The maximum Gasteiger partial charge on any atom is 0.327 e. The van der Waals surface area contributed by atoms with Gasteiger partial charge in [0.1, 0.15) is 18.1 Å². The molecule has 0 fully saturated rings. The molecule has 0 heterocycles. The van der Waals surface area contributed by atoms with Gasteiger partial charge in [0.2, 0.25) is 23.6 Å². The number of thiol groups is 1. The van der Waals surface area contributed by atoms with Gasteiger partial charge in [0.25, 0.3) is 0 Å². The van der Waals surface area contributed by atoms with Crippen molar-refractivity contribution in [1.82, 2.24) is 16.0 Å². The van der Waals surface area contributed by atoms with Crippen LogP contribution in [0, 0.1) is 0 Å². The zero-order chi connectivity index (χ0) is 24.8. The van der Waals surface area contributed by atoms with Gasteiger partial charge >= 0.3 is 11.9 Å². The van der Waals surface area contributed by atoms with Crippen LogP contribution in [0.2, 0.25) is 0 Å². The van der Waals surface area contributed by atoms with Gasteiger partial charge in [-0.1, -0.05) is 0 Å². The quantitative estimate of drug-likeness (QED) is 0.103. The molecule has 4 amide bonds. The number of hydrogen-bond donors (Lipinski definition) is 8. The summed E-state index contributed by atoms with van der Waals surface area (Å²) in [4.78, 5) is 70.7. The van der Waals surface area contributed by atoms with E-state index in [9.17, 15) is 28.8 Å². The summed E-state index contributed by atoms with van der Waals surface area (Å²) in [6.45, 7) is 0. The third-order valence-electron chi connectivity index (χ3n) is 4.09. The van der Waals surface area contributed by atoms with Gasteiger partial charge in [-0.2, -0.15) is 24.4 Å². The van der Waals surface area contributed by atoms with Gasteiger partial charge in [-0.05, 0) is 24.9 Å². The van der Waals surface area contributed by atoms with E-state index in [2.05, 4.69) is 28.6 Å². The minimum atomic E-state index is -1.57. The lowest BCUT2D eigenvalue weighted by Crippen LogP contribution is -2.57. The van der Waals surface area contributed by atoms with Crippen LogP contribution < -0.4 is 27.4 Å². The van der Waals surface area contributed by atoms with E-state index >= 15 is 0 Å². The molecule has 0 aliphatic heterocycles. The Labute approximate surface area is 194 Å². The summed E-state index contributed by atoms with van der Waals surface area (Å²) in [6, 6.07) is -5.34. The highest BCUT2D eigenvalue weighted by Crippen LogP contribution is 2.04. The standard InChI is InChI=1S/C17H29N5O8S2/c1-32-5-4-8(18)14(26)21-10(6-13(24)25)16(28)20-9(2-3-12(19)23)15(27)22-11(7-31)17(29)30/h8-11,31H,2-7,18H2,1H3,(H2,19,23)(H,20,28)(H,21,26)(H,22,27)(H,24,25)(H,29,30). The van der Waals surface area contributed by atoms with Gasteiger partial charge in [0.15, 0.2) is 0 Å². The molecule has 0 saturated heterocycles. The van der Waals surface area contributed by atoms with Crippen molar-refractivity contribution in [2.45, 2.75) is 49.9 Å². The van der Waals surface area contributed by atoms with Gasteiger partial charge in [-0.15, -0.1) is 0 Å². The number of rotatable bonds is 16. The average molecular weight is 496 g/mol. The van der Waals surface area contributed by atoms with Crippen molar-refractivity contribution in [2.24, 2.45) is 11.5 Å². The Morgan fingerprint density at radius 1 is 0.906 bits per heavy atom. The number of carbonyl (C=O) groups is 6. The summed E-state index contributed by atoms with van der Waals surface area (Å²) in [5.74, 6) is -5.96. The highest BCUT2D eigenvalue weighted by atomic mass is 32.2. The van der Waals surface area contributed by atoms with Gasteiger partial charge in [0.05, 0.1) is 12.5 Å². The number of hydrogen-bond acceptors (Lipinski definition) is 9. The van der Waals surface area contributed by atoms with Crippen molar-refractivity contribution in [3.8, 4) is 0 Å². The molecule has 9 N–H and O–H groups in total. The molecular formula is C17H29N5O8S2. The molecule has 0 bridgehead atoms. The lowest BCUT2D eigenvalue weighted by molar-refractivity contribution is -0.143. The van der Waals surface area contributed by atoms with E-state index in [1.54, 1.807) is 0 Å². The first-order chi connectivity index (χ1) is 14.9. The maximum absolute atomic E-state index is 12.6. The molecule has 0 aliphatic rings. The number of nitrogens with two attached hydrogens (primary N) is 2. The lowest BCUT2D eigenvalue weighted by atomic mass is 10.1. The summed E-state index contributed by atoms with van der Waals surface area (Å²) >= 11 is 5.27. The zero-order valence-electron chi connectivity index (χ0n) is 17.4. The van der Waals surface area contributed by atoms with Crippen LogP contribution in [0.3, 0.4) is 0 Å². The summed E-state index contributed by atoms with van der Waals surface area (Å²) in [7, 11) is 0. The Balaban J connectivity index is 5.45. The molecular weight excluding hydrogens is 466 g/mol. The van der Waals surface area contributed by atoms with Crippen LogP contribution in [-0.2, 0) is 28.8 Å². The first-order valence-corrected chi connectivity index (χ1v) is 11.4. The topological polar surface area (TPSA) is 231 Å². The van der Waals surface area contributed by atoms with Crippen molar-refractivity contribution in [2.75, 3.05) is 17.8 Å². The molecule has 182 valence electrons. The van der Waals surface area contributed by atoms with Crippen LogP contribution in [0.15, 0.2) is 0 Å². The smallest absolute Gasteiger partial charge is 0.327 e. The van der Waals surface area contributed by atoms with Crippen LogP contribution in [0.25, 0.3) is 0 Å². The molecule has 32 heavy (non-hydrogen) atoms. The molecule has 0 aromatic heterocycles. The van der Waals surface area contributed by atoms with E-state index in [-0.39, 0.29) is 18.6 Å². The third-order valence-corrected chi connectivity index (χ3v) is 5.10. The van der Waals surface area contributed by atoms with Crippen molar-refractivity contribution < 1.29 is 39.0 Å². The van der Waals surface area contributed by atoms with E-state index < -0.39 is 66.2 Å². The maximum atomic E-state index is 12.6. The molecule has 0 radical (unpaired) electrons. The highest BCUT2D eigenvalue weighted by Gasteiger charge is 2.31. The lowest BCUT2D eigenvalue weighted by Gasteiger charge is -2.24. The molecule has 13 nitrogen and oxygen atoms in total. The van der Waals surface area contributed by atoms with Gasteiger partial charge < -0.3 is 37.6 Å². The van der Waals surface area contributed by atoms with E-state index in [0.717, 1.165) is 0 Å². The fourth-order valence-corrected chi connectivity index (χ4v) is 3.06. The second-order valence-corrected chi connectivity index (χ2v) is 8.05. The number of aliphatic carboxylic acids is 2. The first kappa shape index (κ1) is 29.5. The van der Waals surface area contributed by atoms with Crippen LogP contribution in [-0.4, -0.2) is 87.7 Å². The molecule has 4 unspecified atom stereocenters. The van der Waals surface area contributed by atoms with E-state index in [0.29, 0.717) is 12.2 Å². The fraction of sp³-hybridized carbons (Fsp3) is 0.647. The predicted molar refractivity (Wildman–Crippen MR) is 119 cm³/mol. The zero-order valence-corrected chi connectivity index (χ0v) is 19.1. The normalized spacial score (nSPS) is 14.3. The largest absolute Gasteiger partial charge is 0.481 e. The van der Waals surface area contributed by atoms with Crippen LogP contribution in [0.5, 0.6) is 0 Å². The van der Waals surface area contributed by atoms with Crippen LogP contribution in [0.1, 0.15) is 25.7 Å². The second-order valence-electron chi connectivity index (χ2n) is 6.70. The number of carboxylic acids is 2. The molecule has 0 spiro atoms. The first-order valence-electron chi connectivity index (χ1n) is 9.42. The molecule has 0 aromatic rings. The number of carboxylic acid groups (broad SMARTS) is 2. The predicted octanol–water partition coefficient (Wildman–Crippen LogP) is -2.72. The summed E-state index contributed by atoms with van der Waals surface area (Å²) in [6.07, 6.45) is 0.689. The van der Waals surface area contributed by atoms with Gasteiger partial charge in [0, 0.05) is 12.2 Å². The monoisotopic (exact) mass is 495 g/mol. The summed E-state index contributed by atoms with van der Waals surface area (Å²) < 4.78 is 0. The minimum Gasteiger partial charge on any atom is -0.481 e. The number of primary amides is 1. The Morgan fingerprint density at radius 2 is 1.44 bits per heavy atom. The van der Waals surface area contributed by atoms with Gasteiger partial charge in [-0.3, -0.25) is 24.0 Å². The van der Waals surface area contributed by atoms with Crippen molar-refractivity contribution in [1.29, 1.82) is 0 Å². The van der Waals surface area contributed by atoms with E-state index in [4.69, 9.17) is 21.7 Å². The number of nitrogens with one attached hydrogen (secondary N) is 3. The van der Waals surface area contributed by atoms with Crippen LogP contribution >= 0.6 is 24.4 Å². The number of carbonyl (C=O) groups excluding carboxylic acids is 4. The Hall–Kier alpha value is -2.52. The van der Waals surface area contributed by atoms with E-state index in [1.807, 2.05) is 6.26 Å². The SMILES string of the molecule is CSCCC(N)C(=O)NC(CC(=O)O)C(=O)NC(CCC(N)=O)C(=O)NC(CS)C(=O)O. The molecule has 0 aliphatic carbocycles. The molecule has 4 atom stereocenters. The Bertz CT molecular complexity index is 708. The Kier molecular flexibility index (Phi) is 14.1. The summed E-state index contributed by atoms with van der Waals surface area (Å²) in [5, 5.41) is 24.8. The van der Waals surface area contributed by atoms with E-state index in [1.165, 1.54) is 11.8 Å².